The molecule has 2 N–H and O–H groups in total. The molecule has 0 fully saturated rings. The van der Waals surface area contributed by atoms with Gasteiger partial charge < -0.3 is 10.3 Å². The van der Waals surface area contributed by atoms with E-state index in [9.17, 15) is 0 Å². The van der Waals surface area contributed by atoms with Crippen molar-refractivity contribution in [3.8, 4) is 11.3 Å². The number of nitrogen functional groups attached to an aromatic ring is 1. The molecule has 0 aliphatic carbocycles. The van der Waals surface area contributed by atoms with Crippen LogP contribution in [0.3, 0.4) is 0 Å². The minimum atomic E-state index is 0.560. The molecule has 0 amide bonds. The second-order valence-corrected chi connectivity index (χ2v) is 5.80. The average Bonchev–Trinajstić information content (AvgIpc) is 2.60. The highest BCUT2D eigenvalue weighted by atomic mass is 15.1. The molecule has 0 saturated heterocycles. The Labute approximate surface area is 115 Å². The monoisotopic (exact) mass is 257 g/mol. The van der Waals surface area contributed by atoms with E-state index in [2.05, 4.69) is 51.7 Å². The highest BCUT2D eigenvalue weighted by Gasteiger charge is 2.15. The zero-order valence-corrected chi connectivity index (χ0v) is 12.5. The summed E-state index contributed by atoms with van der Waals surface area (Å²) in [7, 11) is 0. The molecule has 2 rings (SSSR count). The van der Waals surface area contributed by atoms with Gasteiger partial charge in [-0.1, -0.05) is 31.5 Å². The Hall–Kier alpha value is -1.77. The highest BCUT2D eigenvalue weighted by molar-refractivity contribution is 5.76. The number of anilines is 1. The van der Waals surface area contributed by atoms with E-state index >= 15 is 0 Å². The van der Waals surface area contributed by atoms with Crippen molar-refractivity contribution >= 4 is 5.82 Å². The zero-order chi connectivity index (χ0) is 14.2. The molecule has 102 valence electrons. The van der Waals surface area contributed by atoms with Gasteiger partial charge in [0, 0.05) is 12.1 Å². The molecule has 19 heavy (non-hydrogen) atoms. The quantitative estimate of drug-likeness (QED) is 0.910. The number of aromatic nitrogens is 2. The van der Waals surface area contributed by atoms with Gasteiger partial charge in [-0.25, -0.2) is 4.98 Å². The van der Waals surface area contributed by atoms with Crippen LogP contribution >= 0.6 is 0 Å². The predicted octanol–water partition coefficient (Wildman–Crippen LogP) is 3.71. The fourth-order valence-electron chi connectivity index (χ4n) is 2.68. The summed E-state index contributed by atoms with van der Waals surface area (Å²) in [6.45, 7) is 11.6. The van der Waals surface area contributed by atoms with E-state index in [1.807, 2.05) is 10.9 Å². The van der Waals surface area contributed by atoms with Gasteiger partial charge in [0.05, 0.1) is 6.33 Å². The molecule has 1 heterocycles. The standard InChI is InChI=1S/C16H23N3/c1-10(2)8-19-9-18-15(16(19)17)14-12(4)6-11(3)7-13(14)5/h6-7,9-10H,8,17H2,1-5H3. The molecule has 0 radical (unpaired) electrons. The second kappa shape index (κ2) is 5.08. The number of imidazole rings is 1. The molecule has 0 aliphatic rings. The van der Waals surface area contributed by atoms with Crippen molar-refractivity contribution in [1.82, 2.24) is 9.55 Å². The molecular weight excluding hydrogens is 234 g/mol. The maximum atomic E-state index is 6.26. The lowest BCUT2D eigenvalue weighted by atomic mass is 9.97. The maximum Gasteiger partial charge on any atom is 0.131 e. The largest absolute Gasteiger partial charge is 0.383 e. The minimum Gasteiger partial charge on any atom is -0.383 e. The first-order chi connectivity index (χ1) is 8.90. The van der Waals surface area contributed by atoms with Gasteiger partial charge in [-0.15, -0.1) is 0 Å². The van der Waals surface area contributed by atoms with Crippen LogP contribution in [-0.4, -0.2) is 9.55 Å². The molecule has 0 spiro atoms. The summed E-state index contributed by atoms with van der Waals surface area (Å²) in [5.74, 6) is 1.33. The summed E-state index contributed by atoms with van der Waals surface area (Å²) in [6.07, 6.45) is 1.85. The Bertz CT molecular complexity index is 571. The fraction of sp³-hybridized carbons (Fsp3) is 0.438. The van der Waals surface area contributed by atoms with Gasteiger partial charge >= 0.3 is 0 Å². The normalized spacial score (nSPS) is 11.3. The van der Waals surface area contributed by atoms with Gasteiger partial charge in [-0.05, 0) is 37.8 Å². The molecule has 0 aliphatic heterocycles. The third kappa shape index (κ3) is 2.65. The van der Waals surface area contributed by atoms with E-state index in [-0.39, 0.29) is 0 Å². The van der Waals surface area contributed by atoms with Gasteiger partial charge in [0.15, 0.2) is 0 Å². The van der Waals surface area contributed by atoms with Gasteiger partial charge in [0.25, 0.3) is 0 Å². The van der Waals surface area contributed by atoms with Crippen LogP contribution < -0.4 is 5.73 Å². The van der Waals surface area contributed by atoms with E-state index in [1.165, 1.54) is 22.3 Å². The number of aryl methyl sites for hydroxylation is 3. The van der Waals surface area contributed by atoms with E-state index in [1.54, 1.807) is 0 Å². The lowest BCUT2D eigenvalue weighted by Crippen LogP contribution is -2.07. The number of nitrogens with zero attached hydrogens (tertiary/aromatic N) is 2. The van der Waals surface area contributed by atoms with Gasteiger partial charge in [-0.2, -0.15) is 0 Å². The zero-order valence-electron chi connectivity index (χ0n) is 12.5. The number of hydrogen-bond acceptors (Lipinski definition) is 2. The van der Waals surface area contributed by atoms with Crippen LogP contribution in [0.2, 0.25) is 0 Å². The van der Waals surface area contributed by atoms with Crippen molar-refractivity contribution < 1.29 is 0 Å². The van der Waals surface area contributed by atoms with Crippen LogP contribution in [0.4, 0.5) is 5.82 Å². The summed E-state index contributed by atoms with van der Waals surface area (Å²) in [5, 5.41) is 0. The molecule has 0 bridgehead atoms. The number of rotatable bonds is 3. The molecule has 2 aromatic rings. The van der Waals surface area contributed by atoms with Crippen LogP contribution in [0.25, 0.3) is 11.3 Å². The first-order valence-corrected chi connectivity index (χ1v) is 6.79. The molecule has 3 nitrogen and oxygen atoms in total. The number of nitrogens with two attached hydrogens (primary N) is 1. The smallest absolute Gasteiger partial charge is 0.131 e. The molecular formula is C16H23N3. The summed E-state index contributed by atoms with van der Waals surface area (Å²) in [6, 6.07) is 4.37. The van der Waals surface area contributed by atoms with Crippen LogP contribution in [0.15, 0.2) is 18.5 Å². The van der Waals surface area contributed by atoms with E-state index in [4.69, 9.17) is 5.73 Å². The third-order valence-corrected chi connectivity index (χ3v) is 3.35. The highest BCUT2D eigenvalue weighted by Crippen LogP contribution is 2.31. The van der Waals surface area contributed by atoms with Crippen molar-refractivity contribution in [2.75, 3.05) is 5.73 Å². The SMILES string of the molecule is Cc1cc(C)c(-c2ncn(CC(C)C)c2N)c(C)c1. The molecule has 1 aromatic heterocycles. The van der Waals surface area contributed by atoms with Crippen molar-refractivity contribution in [3.63, 3.8) is 0 Å². The lowest BCUT2D eigenvalue weighted by Gasteiger charge is -2.12. The first-order valence-electron chi connectivity index (χ1n) is 6.79. The minimum absolute atomic E-state index is 0.560. The van der Waals surface area contributed by atoms with Crippen LogP contribution in [-0.2, 0) is 6.54 Å². The first kappa shape index (κ1) is 13.7. The Morgan fingerprint density at radius 2 is 1.74 bits per heavy atom. The van der Waals surface area contributed by atoms with Crippen LogP contribution in [0.1, 0.15) is 30.5 Å². The third-order valence-electron chi connectivity index (χ3n) is 3.35. The van der Waals surface area contributed by atoms with E-state index < -0.39 is 0 Å². The van der Waals surface area contributed by atoms with Crippen molar-refractivity contribution in [2.45, 2.75) is 41.2 Å². The topological polar surface area (TPSA) is 43.8 Å². The second-order valence-electron chi connectivity index (χ2n) is 5.80. The fourth-order valence-corrected chi connectivity index (χ4v) is 2.68. The summed E-state index contributed by atoms with van der Waals surface area (Å²) in [4.78, 5) is 4.53. The Morgan fingerprint density at radius 1 is 1.16 bits per heavy atom. The molecule has 0 saturated carbocycles. The van der Waals surface area contributed by atoms with Gasteiger partial charge in [-0.3, -0.25) is 0 Å². The number of benzene rings is 1. The summed E-state index contributed by atoms with van der Waals surface area (Å²) < 4.78 is 2.04. The van der Waals surface area contributed by atoms with Crippen LogP contribution in [0.5, 0.6) is 0 Å². The van der Waals surface area contributed by atoms with Crippen molar-refractivity contribution in [2.24, 2.45) is 5.92 Å². The van der Waals surface area contributed by atoms with Gasteiger partial charge in [0.1, 0.15) is 11.5 Å². The van der Waals surface area contributed by atoms with E-state index in [0.717, 1.165) is 18.1 Å². The van der Waals surface area contributed by atoms with Gasteiger partial charge in [0.2, 0.25) is 0 Å². The van der Waals surface area contributed by atoms with E-state index in [0.29, 0.717) is 5.92 Å². The lowest BCUT2D eigenvalue weighted by molar-refractivity contribution is 0.527. The van der Waals surface area contributed by atoms with Crippen LogP contribution in [0, 0.1) is 26.7 Å². The summed E-state index contributed by atoms with van der Waals surface area (Å²) >= 11 is 0. The van der Waals surface area contributed by atoms with Crippen molar-refractivity contribution in [1.29, 1.82) is 0 Å². The molecule has 3 heteroatoms. The molecule has 0 atom stereocenters. The average molecular weight is 257 g/mol. The Kier molecular flexibility index (Phi) is 3.65. The molecule has 1 aromatic carbocycles. The molecule has 0 unspecified atom stereocenters. The van der Waals surface area contributed by atoms with Crippen molar-refractivity contribution in [3.05, 3.63) is 35.2 Å². The number of hydrogen-bond donors (Lipinski definition) is 1. The summed E-state index contributed by atoms with van der Waals surface area (Å²) in [5.41, 5.74) is 12.1. The maximum absolute atomic E-state index is 6.26. The Morgan fingerprint density at radius 3 is 2.26 bits per heavy atom. The Balaban J connectivity index is 2.51. The predicted molar refractivity (Wildman–Crippen MR) is 81.1 cm³/mol.